The van der Waals surface area contributed by atoms with Gasteiger partial charge in [0.05, 0.1) is 24.5 Å². The van der Waals surface area contributed by atoms with Crippen LogP contribution in [0.15, 0.2) is 36.8 Å². The van der Waals surface area contributed by atoms with E-state index >= 15 is 4.39 Å². The molecule has 1 aromatic carbocycles. The molecule has 1 amide bonds. The van der Waals surface area contributed by atoms with E-state index in [2.05, 4.69) is 39.7 Å². The molecule has 2 N–H and O–H groups in total. The summed E-state index contributed by atoms with van der Waals surface area (Å²) >= 11 is 0. The van der Waals surface area contributed by atoms with Gasteiger partial charge < -0.3 is 15.4 Å². The van der Waals surface area contributed by atoms with E-state index in [0.717, 1.165) is 11.3 Å². The fourth-order valence-electron chi connectivity index (χ4n) is 4.39. The Hall–Kier alpha value is -3.95. The van der Waals surface area contributed by atoms with Crippen LogP contribution < -0.4 is 15.4 Å². The zero-order valence-electron chi connectivity index (χ0n) is 20.3. The van der Waals surface area contributed by atoms with Crippen LogP contribution in [0.2, 0.25) is 0 Å². The summed E-state index contributed by atoms with van der Waals surface area (Å²) in [5.41, 5.74) is 3.74. The molecule has 0 radical (unpaired) electrons. The maximum Gasteiger partial charge on any atom is 0.256 e. The van der Waals surface area contributed by atoms with Crippen LogP contribution in [-0.4, -0.2) is 42.9 Å². The second kappa shape index (κ2) is 8.68. The number of anilines is 1. The smallest absolute Gasteiger partial charge is 0.256 e. The lowest BCUT2D eigenvalue weighted by Gasteiger charge is -2.24. The minimum Gasteiger partial charge on any atom is -0.488 e. The molecule has 0 fully saturated rings. The van der Waals surface area contributed by atoms with E-state index in [9.17, 15) is 4.79 Å². The molecule has 4 heterocycles. The molecule has 4 aromatic rings. The zero-order valence-corrected chi connectivity index (χ0v) is 20.3. The van der Waals surface area contributed by atoms with Crippen molar-refractivity contribution in [2.45, 2.75) is 45.8 Å². The topological polar surface area (TPSA) is 98.4 Å². The molecule has 0 saturated carbocycles. The second-order valence-electron chi connectivity index (χ2n) is 9.27. The first-order chi connectivity index (χ1) is 16.7. The van der Waals surface area contributed by atoms with Crippen LogP contribution in [0.3, 0.4) is 0 Å². The highest BCUT2D eigenvalue weighted by Gasteiger charge is 2.26. The molecule has 0 aliphatic carbocycles. The normalized spacial score (nSPS) is 18.3. The van der Waals surface area contributed by atoms with Gasteiger partial charge in [0, 0.05) is 36.1 Å². The van der Waals surface area contributed by atoms with Gasteiger partial charge in [0.1, 0.15) is 29.1 Å². The summed E-state index contributed by atoms with van der Waals surface area (Å²) in [4.78, 5) is 17.5. The average Bonchev–Trinajstić information content (AvgIpc) is 3.41. The van der Waals surface area contributed by atoms with Gasteiger partial charge in [0.2, 0.25) is 0 Å². The number of rotatable bonds is 2. The molecule has 0 saturated heterocycles. The van der Waals surface area contributed by atoms with Crippen molar-refractivity contribution in [1.29, 1.82) is 0 Å². The van der Waals surface area contributed by atoms with E-state index in [1.54, 1.807) is 21.5 Å². The maximum absolute atomic E-state index is 15.0. The maximum atomic E-state index is 15.0. The molecular weight excluding hydrogens is 449 g/mol. The highest BCUT2D eigenvalue weighted by molar-refractivity contribution is 5.99. The third kappa shape index (κ3) is 4.20. The van der Waals surface area contributed by atoms with Crippen LogP contribution in [0, 0.1) is 5.82 Å². The molecule has 10 heteroatoms. The molecule has 3 aromatic heterocycles. The van der Waals surface area contributed by atoms with Crippen LogP contribution in [0.25, 0.3) is 16.8 Å². The number of aromatic nitrogens is 5. The number of aryl methyl sites for hydroxylation is 1. The Morgan fingerprint density at radius 3 is 2.77 bits per heavy atom. The quantitative estimate of drug-likeness (QED) is 0.452. The van der Waals surface area contributed by atoms with Gasteiger partial charge >= 0.3 is 0 Å². The highest BCUT2D eigenvalue weighted by Crippen LogP contribution is 2.41. The molecule has 9 nitrogen and oxygen atoms in total. The Bertz CT molecular complexity index is 1420. The first-order valence-electron chi connectivity index (χ1n) is 11.6. The van der Waals surface area contributed by atoms with Gasteiger partial charge in [-0.3, -0.25) is 9.48 Å². The third-order valence-corrected chi connectivity index (χ3v) is 6.09. The van der Waals surface area contributed by atoms with Crippen molar-refractivity contribution < 1.29 is 13.9 Å². The zero-order chi connectivity index (χ0) is 24.9. The number of ether oxygens (including phenoxy) is 1. The van der Waals surface area contributed by atoms with Gasteiger partial charge in [0.15, 0.2) is 5.65 Å². The molecule has 0 spiro atoms. The fourth-order valence-corrected chi connectivity index (χ4v) is 4.39. The van der Waals surface area contributed by atoms with E-state index in [4.69, 9.17) is 4.74 Å². The van der Waals surface area contributed by atoms with Gasteiger partial charge in [-0.2, -0.15) is 10.2 Å². The van der Waals surface area contributed by atoms with Gasteiger partial charge in [-0.05, 0) is 38.0 Å². The molecule has 35 heavy (non-hydrogen) atoms. The summed E-state index contributed by atoms with van der Waals surface area (Å²) in [7, 11) is 1.85. The molecule has 182 valence electrons. The number of carbonyl (C=O) groups excluding carboxylic acids is 1. The standard InChI is InChI=1S/C25H28FN7O2/c1-13(2)22-20(12-32(5)31-22)18-9-16(26)8-17-15(4)29-21-6-7-33-24(30-21)19(11-28-33)25(34)27-10-14(3)35-23(17)18/h6-9,11-15H,10H2,1-5H3,(H,27,34)(H,29,30)/t14-,15+/m0/s1. The molecule has 2 atom stereocenters. The lowest BCUT2D eigenvalue weighted by molar-refractivity contribution is 0.0933. The van der Waals surface area contributed by atoms with Gasteiger partial charge in [-0.1, -0.05) is 13.8 Å². The van der Waals surface area contributed by atoms with E-state index < -0.39 is 6.10 Å². The second-order valence-corrected chi connectivity index (χ2v) is 9.27. The van der Waals surface area contributed by atoms with Crippen LogP contribution in [0.1, 0.15) is 61.3 Å². The molecule has 1 aliphatic heterocycles. The van der Waals surface area contributed by atoms with Crippen molar-refractivity contribution >= 4 is 17.4 Å². The van der Waals surface area contributed by atoms with Crippen LogP contribution in [0.5, 0.6) is 5.75 Å². The molecule has 1 aliphatic rings. The monoisotopic (exact) mass is 477 g/mol. The Labute approximate surface area is 202 Å². The Kier molecular flexibility index (Phi) is 5.66. The van der Waals surface area contributed by atoms with Gasteiger partial charge in [-0.15, -0.1) is 0 Å². The van der Waals surface area contributed by atoms with Crippen molar-refractivity contribution in [2.75, 3.05) is 11.9 Å². The largest absolute Gasteiger partial charge is 0.488 e. The number of nitrogens with zero attached hydrogens (tertiary/aromatic N) is 5. The lowest BCUT2D eigenvalue weighted by Crippen LogP contribution is -2.33. The average molecular weight is 478 g/mol. The number of carbonyl (C=O) groups is 1. The minimum atomic E-state index is -0.392. The summed E-state index contributed by atoms with van der Waals surface area (Å²) in [5, 5.41) is 15.1. The van der Waals surface area contributed by atoms with E-state index in [-0.39, 0.29) is 30.2 Å². The molecular formula is C25H28FN7O2. The van der Waals surface area contributed by atoms with E-state index in [0.29, 0.717) is 33.9 Å². The van der Waals surface area contributed by atoms with Gasteiger partial charge in [-0.25, -0.2) is 13.9 Å². The summed E-state index contributed by atoms with van der Waals surface area (Å²) in [6.07, 6.45) is 4.72. The van der Waals surface area contributed by atoms with Crippen LogP contribution in [-0.2, 0) is 7.05 Å². The SMILES string of the molecule is CC(C)c1nn(C)cc1-c1cc(F)cc2c1O[C@@H](C)CNC(=O)c1cnn3ccc(nc13)N[C@@H]2C. The number of benzene rings is 1. The number of hydrogen-bond donors (Lipinski definition) is 2. The Morgan fingerprint density at radius 2 is 2.00 bits per heavy atom. The predicted octanol–water partition coefficient (Wildman–Crippen LogP) is 4.08. The summed E-state index contributed by atoms with van der Waals surface area (Å²) in [5.74, 6) is 0.550. The number of amides is 1. The highest BCUT2D eigenvalue weighted by atomic mass is 19.1. The van der Waals surface area contributed by atoms with Gasteiger partial charge in [0.25, 0.3) is 5.91 Å². The molecule has 5 rings (SSSR count). The van der Waals surface area contributed by atoms with Crippen molar-refractivity contribution in [1.82, 2.24) is 29.7 Å². The summed E-state index contributed by atoms with van der Waals surface area (Å²) in [6.45, 7) is 8.15. The summed E-state index contributed by atoms with van der Waals surface area (Å²) < 4.78 is 24.8. The number of fused-ring (bicyclic) bond motifs is 2. The number of nitrogens with one attached hydrogen (secondary N) is 2. The van der Waals surface area contributed by atoms with Crippen molar-refractivity contribution in [3.05, 3.63) is 59.4 Å². The van der Waals surface area contributed by atoms with Crippen molar-refractivity contribution in [2.24, 2.45) is 7.05 Å². The molecule has 2 bridgehead atoms. The van der Waals surface area contributed by atoms with E-state index in [1.807, 2.05) is 27.1 Å². The lowest BCUT2D eigenvalue weighted by atomic mass is 9.95. The number of hydrogen-bond acceptors (Lipinski definition) is 6. The Balaban J connectivity index is 1.68. The van der Waals surface area contributed by atoms with Crippen LogP contribution in [0.4, 0.5) is 10.2 Å². The molecule has 0 unspecified atom stereocenters. The minimum absolute atomic E-state index is 0.131. The predicted molar refractivity (Wildman–Crippen MR) is 130 cm³/mol. The fraction of sp³-hybridized carbons (Fsp3) is 0.360. The first kappa shape index (κ1) is 22.8. The van der Waals surface area contributed by atoms with E-state index in [1.165, 1.54) is 18.3 Å². The first-order valence-corrected chi connectivity index (χ1v) is 11.6. The van der Waals surface area contributed by atoms with Crippen molar-refractivity contribution in [3.8, 4) is 16.9 Å². The number of halogens is 1. The third-order valence-electron chi connectivity index (χ3n) is 6.09. The van der Waals surface area contributed by atoms with Crippen molar-refractivity contribution in [3.63, 3.8) is 0 Å². The summed E-state index contributed by atoms with van der Waals surface area (Å²) in [6, 6.07) is 4.38. The Morgan fingerprint density at radius 1 is 1.20 bits per heavy atom. The van der Waals surface area contributed by atoms with Crippen LogP contribution >= 0.6 is 0 Å².